The van der Waals surface area contributed by atoms with Crippen molar-refractivity contribution in [1.82, 2.24) is 4.57 Å². The van der Waals surface area contributed by atoms with Gasteiger partial charge in [-0.25, -0.2) is 4.79 Å². The summed E-state index contributed by atoms with van der Waals surface area (Å²) in [5.41, 5.74) is 1.32. The van der Waals surface area contributed by atoms with E-state index in [1.165, 1.54) is 12.1 Å². The molecule has 2 aromatic heterocycles. The van der Waals surface area contributed by atoms with Gasteiger partial charge in [-0.1, -0.05) is 0 Å². The molecule has 0 N–H and O–H groups in total. The second-order valence-electron chi connectivity index (χ2n) is 3.29. The first kappa shape index (κ1) is 10.7. The van der Waals surface area contributed by atoms with Crippen LogP contribution in [0.1, 0.15) is 24.3 Å². The van der Waals surface area contributed by atoms with Crippen LogP contribution in [0, 0.1) is 6.01 Å². The number of halogens is 1. The average molecular weight is 225 g/mol. The number of nitrogens with zero attached hydrogens (tertiary/aromatic N) is 1. The minimum atomic E-state index is -0.650. The summed E-state index contributed by atoms with van der Waals surface area (Å²) in [6.07, 6.45) is 0. The number of furan rings is 1. The third kappa shape index (κ3) is 1.58. The Morgan fingerprint density at radius 2 is 2.25 bits per heavy atom. The molecule has 2 rings (SSSR count). The lowest BCUT2D eigenvalue weighted by atomic mass is 10.4. The van der Waals surface area contributed by atoms with Gasteiger partial charge in [0.15, 0.2) is 5.58 Å². The van der Waals surface area contributed by atoms with Crippen molar-refractivity contribution >= 4 is 17.1 Å². The summed E-state index contributed by atoms with van der Waals surface area (Å²) in [4.78, 5) is 11.6. The van der Waals surface area contributed by atoms with Crippen LogP contribution in [0.2, 0.25) is 0 Å². The zero-order valence-corrected chi connectivity index (χ0v) is 9.12. The normalized spacial score (nSPS) is 10.9. The van der Waals surface area contributed by atoms with Gasteiger partial charge in [-0.3, -0.25) is 0 Å². The van der Waals surface area contributed by atoms with Gasteiger partial charge in [0.2, 0.25) is 0 Å². The van der Waals surface area contributed by atoms with E-state index in [2.05, 4.69) is 0 Å². The highest BCUT2D eigenvalue weighted by molar-refractivity contribution is 5.94. The summed E-state index contributed by atoms with van der Waals surface area (Å²) < 4.78 is 24.3. The Morgan fingerprint density at radius 1 is 1.50 bits per heavy atom. The third-order valence-electron chi connectivity index (χ3n) is 2.36. The van der Waals surface area contributed by atoms with Crippen LogP contribution in [0.3, 0.4) is 0 Å². The van der Waals surface area contributed by atoms with E-state index in [1.807, 2.05) is 6.92 Å². The van der Waals surface area contributed by atoms with Gasteiger partial charge in [0, 0.05) is 18.7 Å². The molecule has 5 heteroatoms. The molecule has 0 aliphatic rings. The van der Waals surface area contributed by atoms with Crippen molar-refractivity contribution in [1.29, 1.82) is 0 Å². The summed E-state index contributed by atoms with van der Waals surface area (Å²) in [7, 11) is 0. The zero-order chi connectivity index (χ0) is 11.7. The maximum atomic E-state index is 12.9. The van der Waals surface area contributed by atoms with E-state index in [9.17, 15) is 9.18 Å². The maximum Gasteiger partial charge on any atom is 0.355 e. The van der Waals surface area contributed by atoms with Crippen LogP contribution in [0.25, 0.3) is 11.1 Å². The van der Waals surface area contributed by atoms with Gasteiger partial charge in [-0.15, -0.1) is 0 Å². The molecule has 0 amide bonds. The lowest BCUT2D eigenvalue weighted by Gasteiger charge is -2.05. The molecular weight excluding hydrogens is 213 g/mol. The molecule has 4 nitrogen and oxygen atoms in total. The van der Waals surface area contributed by atoms with Crippen LogP contribution < -0.4 is 0 Å². The number of ether oxygens (including phenoxy) is 1. The Balaban J connectivity index is 2.53. The number of rotatable bonds is 3. The molecule has 0 aliphatic heterocycles. The van der Waals surface area contributed by atoms with Crippen molar-refractivity contribution in [3.8, 4) is 0 Å². The predicted molar refractivity (Wildman–Crippen MR) is 55.8 cm³/mol. The van der Waals surface area contributed by atoms with Crippen molar-refractivity contribution in [2.45, 2.75) is 20.4 Å². The molecule has 86 valence electrons. The molecule has 0 aromatic carbocycles. The van der Waals surface area contributed by atoms with E-state index in [-0.39, 0.29) is 0 Å². The van der Waals surface area contributed by atoms with Crippen molar-refractivity contribution in [3.63, 3.8) is 0 Å². The standard InChI is InChI=1S/C11H12FNO3/c1-3-13-7-6-10(12)16-9(7)5-8(13)11(14)15-4-2/h5-6H,3-4H2,1-2H3. The summed E-state index contributed by atoms with van der Waals surface area (Å²) in [5.74, 6) is -0.420. The van der Waals surface area contributed by atoms with Gasteiger partial charge in [-0.05, 0) is 13.8 Å². The highest BCUT2D eigenvalue weighted by Gasteiger charge is 2.18. The van der Waals surface area contributed by atoms with E-state index in [1.54, 1.807) is 11.5 Å². The highest BCUT2D eigenvalue weighted by atomic mass is 19.1. The second kappa shape index (κ2) is 4.00. The summed E-state index contributed by atoms with van der Waals surface area (Å²) in [6.45, 7) is 4.47. The van der Waals surface area contributed by atoms with E-state index in [0.29, 0.717) is 29.9 Å². The number of esters is 1. The zero-order valence-electron chi connectivity index (χ0n) is 9.12. The van der Waals surface area contributed by atoms with Crippen LogP contribution in [-0.2, 0) is 11.3 Å². The Bertz CT molecular complexity index is 527. The van der Waals surface area contributed by atoms with Crippen molar-refractivity contribution < 1.29 is 18.3 Å². The molecule has 0 bridgehead atoms. The Hall–Kier alpha value is -1.78. The molecule has 0 saturated heterocycles. The third-order valence-corrected chi connectivity index (χ3v) is 2.36. The Labute approximate surface area is 91.6 Å². The molecule has 0 saturated carbocycles. The SMILES string of the molecule is CCOC(=O)c1cc2oc(F)cc2n1CC. The molecule has 0 aliphatic carbocycles. The lowest BCUT2D eigenvalue weighted by molar-refractivity contribution is 0.0514. The monoisotopic (exact) mass is 225 g/mol. The van der Waals surface area contributed by atoms with Gasteiger partial charge < -0.3 is 13.7 Å². The van der Waals surface area contributed by atoms with E-state index in [4.69, 9.17) is 9.15 Å². The molecule has 16 heavy (non-hydrogen) atoms. The fourth-order valence-corrected chi connectivity index (χ4v) is 1.73. The number of hydrogen-bond donors (Lipinski definition) is 0. The van der Waals surface area contributed by atoms with Crippen molar-refractivity contribution in [2.75, 3.05) is 6.61 Å². The van der Waals surface area contributed by atoms with Crippen LogP contribution >= 0.6 is 0 Å². The number of hydrogen-bond acceptors (Lipinski definition) is 3. The highest BCUT2D eigenvalue weighted by Crippen LogP contribution is 2.23. The van der Waals surface area contributed by atoms with E-state index >= 15 is 0 Å². The molecule has 2 aromatic rings. The van der Waals surface area contributed by atoms with Gasteiger partial charge in [0.1, 0.15) is 5.69 Å². The molecule has 0 fully saturated rings. The van der Waals surface area contributed by atoms with Crippen LogP contribution in [0.15, 0.2) is 16.5 Å². The van der Waals surface area contributed by atoms with Gasteiger partial charge in [0.25, 0.3) is 6.01 Å². The molecule has 0 radical (unpaired) electrons. The minimum absolute atomic E-state index is 0.309. The fraction of sp³-hybridized carbons (Fsp3) is 0.364. The quantitative estimate of drug-likeness (QED) is 0.754. The summed E-state index contributed by atoms with van der Waals surface area (Å²) in [5, 5.41) is 0. The number of carbonyl (C=O) groups excluding carboxylic acids is 1. The topological polar surface area (TPSA) is 44.4 Å². The predicted octanol–water partition coefficient (Wildman–Crippen LogP) is 2.57. The van der Waals surface area contributed by atoms with Gasteiger partial charge >= 0.3 is 5.97 Å². The number of aromatic nitrogens is 1. The summed E-state index contributed by atoms with van der Waals surface area (Å²) in [6, 6.07) is 2.11. The Morgan fingerprint density at radius 3 is 2.88 bits per heavy atom. The number of aryl methyl sites for hydroxylation is 1. The van der Waals surface area contributed by atoms with Crippen LogP contribution in [0.5, 0.6) is 0 Å². The fourth-order valence-electron chi connectivity index (χ4n) is 1.73. The minimum Gasteiger partial charge on any atom is -0.461 e. The van der Waals surface area contributed by atoms with Crippen molar-refractivity contribution in [2.24, 2.45) is 0 Å². The first-order chi connectivity index (χ1) is 7.67. The first-order valence-corrected chi connectivity index (χ1v) is 5.13. The van der Waals surface area contributed by atoms with Gasteiger partial charge in [0.05, 0.1) is 12.1 Å². The molecule has 0 unspecified atom stereocenters. The second-order valence-corrected chi connectivity index (χ2v) is 3.29. The largest absolute Gasteiger partial charge is 0.461 e. The number of fused-ring (bicyclic) bond motifs is 1. The van der Waals surface area contributed by atoms with Crippen LogP contribution in [-0.4, -0.2) is 17.1 Å². The molecule has 0 spiro atoms. The van der Waals surface area contributed by atoms with Crippen LogP contribution in [0.4, 0.5) is 4.39 Å². The summed E-state index contributed by atoms with van der Waals surface area (Å²) >= 11 is 0. The maximum absolute atomic E-state index is 12.9. The molecule has 2 heterocycles. The van der Waals surface area contributed by atoms with Gasteiger partial charge in [-0.2, -0.15) is 4.39 Å². The van der Waals surface area contributed by atoms with Crippen molar-refractivity contribution in [3.05, 3.63) is 23.8 Å². The number of carbonyl (C=O) groups is 1. The molecular formula is C11H12FNO3. The Kier molecular flexibility index (Phi) is 2.68. The smallest absolute Gasteiger partial charge is 0.355 e. The molecule has 0 atom stereocenters. The van der Waals surface area contributed by atoms with E-state index in [0.717, 1.165) is 0 Å². The van der Waals surface area contributed by atoms with E-state index < -0.39 is 12.0 Å². The first-order valence-electron chi connectivity index (χ1n) is 5.13. The lowest BCUT2D eigenvalue weighted by Crippen LogP contribution is -2.11. The average Bonchev–Trinajstić information content (AvgIpc) is 2.73.